The molecule has 0 aliphatic heterocycles. The Kier molecular flexibility index (Phi) is 5.74. The van der Waals surface area contributed by atoms with Gasteiger partial charge in [0.2, 0.25) is 5.28 Å². The maximum atomic E-state index is 6.47. The summed E-state index contributed by atoms with van der Waals surface area (Å²) >= 11 is 14.9. The maximum Gasteiger partial charge on any atom is 0.208 e. The highest BCUT2D eigenvalue weighted by Crippen LogP contribution is 2.36. The summed E-state index contributed by atoms with van der Waals surface area (Å²) in [6.45, 7) is 0. The molecule has 8 heteroatoms. The van der Waals surface area contributed by atoms with E-state index in [0.717, 1.165) is 16.8 Å². The van der Waals surface area contributed by atoms with Crippen LogP contribution in [0.25, 0.3) is 11.2 Å². The van der Waals surface area contributed by atoms with Crippen molar-refractivity contribution in [3.8, 4) is 0 Å². The van der Waals surface area contributed by atoms with Gasteiger partial charge in [-0.1, -0.05) is 72.3 Å². The summed E-state index contributed by atoms with van der Waals surface area (Å²) in [6.07, 6.45) is 0.380. The maximum absolute atomic E-state index is 6.47. The monoisotopic (exact) mass is 524 g/mol. The minimum atomic E-state index is 0.380. The van der Waals surface area contributed by atoms with Crippen LogP contribution in [0.15, 0.2) is 71.7 Å². The molecule has 0 N–H and O–H groups in total. The Morgan fingerprint density at radius 3 is 2.07 bits per heavy atom. The van der Waals surface area contributed by atoms with Gasteiger partial charge in [0.15, 0.2) is 11.5 Å². The zero-order valence-electron chi connectivity index (χ0n) is 13.8. The second kappa shape index (κ2) is 8.23. The molecular weight excluding hydrogens is 513 g/mol. The van der Waals surface area contributed by atoms with Gasteiger partial charge in [0.25, 0.3) is 0 Å². The second-order valence-corrected chi connectivity index (χ2v) is 8.44. The first-order valence-electron chi connectivity index (χ1n) is 7.98. The van der Waals surface area contributed by atoms with Crippen molar-refractivity contribution in [2.45, 2.75) is 0 Å². The first-order chi connectivity index (χ1) is 13.2. The number of nitrogens with zero attached hydrogens (tertiary/aromatic N) is 4. The second-order valence-electron chi connectivity index (χ2n) is 5.63. The van der Waals surface area contributed by atoms with Gasteiger partial charge in [-0.3, -0.25) is 4.34 Å². The van der Waals surface area contributed by atoms with Gasteiger partial charge in [-0.2, -0.15) is 0 Å². The van der Waals surface area contributed by atoms with E-state index >= 15 is 0 Å². The lowest BCUT2D eigenvalue weighted by Crippen LogP contribution is -2.03. The van der Waals surface area contributed by atoms with E-state index in [4.69, 9.17) is 28.2 Å². The third kappa shape index (κ3) is 3.87. The van der Waals surface area contributed by atoms with Crippen LogP contribution < -0.4 is 0 Å². The van der Waals surface area contributed by atoms with E-state index in [1.165, 1.54) is 0 Å². The molecule has 0 aliphatic rings. The average molecular weight is 525 g/mol. The van der Waals surface area contributed by atoms with Crippen molar-refractivity contribution in [3.05, 3.63) is 88.2 Å². The summed E-state index contributed by atoms with van der Waals surface area (Å²) < 4.78 is 1.84. The van der Waals surface area contributed by atoms with Gasteiger partial charge >= 0.3 is 0 Å². The molecule has 0 spiro atoms. The van der Waals surface area contributed by atoms with Gasteiger partial charge in [0.05, 0.1) is 17.1 Å². The molecule has 4 nitrogen and oxygen atoms in total. The molecule has 4 aromatic rings. The Hall–Kier alpha value is -1.53. The lowest BCUT2D eigenvalue weighted by atomic mass is 10.0. The zero-order valence-corrected chi connectivity index (χ0v) is 18.4. The number of aromatic nitrogens is 3. The highest BCUT2D eigenvalue weighted by molar-refractivity contribution is 14.2. The van der Waals surface area contributed by atoms with Gasteiger partial charge in [0.1, 0.15) is 5.52 Å². The number of benzene rings is 2. The standard InChI is InChI=1S/C19H12Cl2IN4P/c20-14-11-15-18(26(27-22)19(21)23-15)25-17(14)24-16(12-7-3-1-4-8-12)13-9-5-2-6-10-13/h1-11,27H. The quantitative estimate of drug-likeness (QED) is 0.169. The molecule has 1 unspecified atom stereocenters. The molecular formula is C19H12Cl2IN4P. The molecule has 0 radical (unpaired) electrons. The molecule has 0 saturated heterocycles. The lowest BCUT2D eigenvalue weighted by Gasteiger charge is -2.08. The minimum absolute atomic E-state index is 0.380. The van der Waals surface area contributed by atoms with Crippen molar-refractivity contribution in [1.82, 2.24) is 14.3 Å². The minimum Gasteiger partial charge on any atom is -0.271 e. The van der Waals surface area contributed by atoms with E-state index in [-0.39, 0.29) is 0 Å². The normalized spacial score (nSPS) is 11.4. The molecule has 2 aromatic heterocycles. The van der Waals surface area contributed by atoms with Crippen molar-refractivity contribution in [2.75, 3.05) is 0 Å². The highest BCUT2D eigenvalue weighted by Gasteiger charge is 2.15. The number of hydrogen-bond acceptors (Lipinski definition) is 3. The van der Waals surface area contributed by atoms with Crippen LogP contribution in [0.3, 0.4) is 0 Å². The van der Waals surface area contributed by atoms with Crippen molar-refractivity contribution in [1.29, 1.82) is 0 Å². The van der Waals surface area contributed by atoms with Crippen molar-refractivity contribution in [3.63, 3.8) is 0 Å². The summed E-state index contributed by atoms with van der Waals surface area (Å²) in [7, 11) is 0. The van der Waals surface area contributed by atoms with Gasteiger partial charge in [0, 0.05) is 11.1 Å². The zero-order chi connectivity index (χ0) is 18.8. The molecule has 2 aromatic carbocycles. The summed E-state index contributed by atoms with van der Waals surface area (Å²) in [5.74, 6) is 0.444. The van der Waals surface area contributed by atoms with E-state index in [1.54, 1.807) is 6.07 Å². The number of imidazole rings is 1. The van der Waals surface area contributed by atoms with Gasteiger partial charge in [-0.25, -0.2) is 15.0 Å². The third-order valence-corrected chi connectivity index (χ3v) is 6.64. The average Bonchev–Trinajstić information content (AvgIpc) is 3.01. The van der Waals surface area contributed by atoms with E-state index in [1.807, 2.05) is 65.0 Å². The Balaban J connectivity index is 1.94. The topological polar surface area (TPSA) is 43.1 Å². The van der Waals surface area contributed by atoms with Crippen LogP contribution in [0.4, 0.5) is 5.82 Å². The molecule has 0 saturated carbocycles. The Labute approximate surface area is 181 Å². The summed E-state index contributed by atoms with van der Waals surface area (Å²) in [5, 5.41) is 0.832. The van der Waals surface area contributed by atoms with Crippen LogP contribution in [0, 0.1) is 0 Å². The first kappa shape index (κ1) is 18.8. The van der Waals surface area contributed by atoms with E-state index in [9.17, 15) is 0 Å². The number of fused-ring (bicyclic) bond motifs is 1. The Morgan fingerprint density at radius 2 is 1.52 bits per heavy atom. The van der Waals surface area contributed by atoms with Crippen LogP contribution in [-0.2, 0) is 0 Å². The molecule has 0 bridgehead atoms. The number of hydrogen-bond donors (Lipinski definition) is 0. The highest BCUT2D eigenvalue weighted by atomic mass is 127. The molecule has 27 heavy (non-hydrogen) atoms. The van der Waals surface area contributed by atoms with Crippen LogP contribution in [0.2, 0.25) is 10.3 Å². The first-order valence-corrected chi connectivity index (χ1v) is 12.8. The lowest BCUT2D eigenvalue weighted by molar-refractivity contribution is 1.22. The summed E-state index contributed by atoms with van der Waals surface area (Å²) in [4.78, 5) is 13.8. The fourth-order valence-corrected chi connectivity index (χ4v) is 5.34. The van der Waals surface area contributed by atoms with E-state index in [0.29, 0.717) is 33.7 Å². The summed E-state index contributed by atoms with van der Waals surface area (Å²) in [5.41, 5.74) is 4.12. The summed E-state index contributed by atoms with van der Waals surface area (Å²) in [6, 6.07) is 21.7. The Bertz CT molecular complexity index is 1090. The van der Waals surface area contributed by atoms with Gasteiger partial charge in [-0.15, -0.1) is 0 Å². The van der Waals surface area contributed by atoms with Crippen LogP contribution in [-0.4, -0.2) is 20.0 Å². The predicted molar refractivity (Wildman–Crippen MR) is 123 cm³/mol. The SMILES string of the molecule is Clc1cc2nc(Cl)n(PI)c2nc1N=C(c1ccccc1)c1ccccc1. The largest absolute Gasteiger partial charge is 0.271 e. The van der Waals surface area contributed by atoms with Crippen molar-refractivity contribution < 1.29 is 0 Å². The molecule has 134 valence electrons. The van der Waals surface area contributed by atoms with Crippen LogP contribution >= 0.6 is 51.6 Å². The van der Waals surface area contributed by atoms with Crippen molar-refractivity contribution >= 4 is 74.3 Å². The third-order valence-electron chi connectivity index (χ3n) is 3.92. The Morgan fingerprint density at radius 1 is 0.926 bits per heavy atom. The van der Waals surface area contributed by atoms with Crippen molar-refractivity contribution in [2.24, 2.45) is 4.99 Å². The number of pyridine rings is 1. The molecule has 1 atom stereocenters. The molecule has 0 aliphatic carbocycles. The fourth-order valence-electron chi connectivity index (χ4n) is 2.69. The van der Waals surface area contributed by atoms with Crippen LogP contribution in [0.5, 0.6) is 0 Å². The van der Waals surface area contributed by atoms with E-state index in [2.05, 4.69) is 32.0 Å². The van der Waals surface area contributed by atoms with Gasteiger partial charge < -0.3 is 0 Å². The number of aliphatic imine (C=N–C) groups is 1. The number of halogens is 3. The molecule has 0 fully saturated rings. The molecule has 4 rings (SSSR count). The fraction of sp³-hybridized carbons (Fsp3) is 0. The van der Waals surface area contributed by atoms with E-state index < -0.39 is 0 Å². The van der Waals surface area contributed by atoms with Crippen LogP contribution in [0.1, 0.15) is 11.1 Å². The molecule has 2 heterocycles. The number of rotatable bonds is 4. The van der Waals surface area contributed by atoms with Gasteiger partial charge in [-0.05, 0) is 39.7 Å². The predicted octanol–water partition coefficient (Wildman–Crippen LogP) is 6.70. The molecule has 0 amide bonds. The smallest absolute Gasteiger partial charge is 0.208 e.